The second-order valence-corrected chi connectivity index (χ2v) is 4.90. The molecule has 4 nitrogen and oxygen atoms in total. The number of anilines is 1. The minimum Gasteiger partial charge on any atom is -0.491 e. The van der Waals surface area contributed by atoms with E-state index < -0.39 is 6.61 Å². The van der Waals surface area contributed by atoms with Gasteiger partial charge in [0.25, 0.3) is 0 Å². The summed E-state index contributed by atoms with van der Waals surface area (Å²) >= 11 is 0. The second-order valence-electron chi connectivity index (χ2n) is 4.90. The van der Waals surface area contributed by atoms with Gasteiger partial charge in [-0.15, -0.1) is 0 Å². The fraction of sp³-hybridized carbons (Fsp3) is 0.312. The summed E-state index contributed by atoms with van der Waals surface area (Å²) in [7, 11) is 0. The van der Waals surface area contributed by atoms with E-state index in [0.717, 1.165) is 11.3 Å². The highest BCUT2D eigenvalue weighted by molar-refractivity contribution is 5.50. The Hall–Kier alpha value is -2.37. The molecule has 0 radical (unpaired) electrons. The third kappa shape index (κ3) is 4.87. The lowest BCUT2D eigenvalue weighted by molar-refractivity contribution is -0.0495. The zero-order valence-electron chi connectivity index (χ0n) is 12.4. The summed E-state index contributed by atoms with van der Waals surface area (Å²) in [5.74, 6) is 1.06. The Bertz CT molecular complexity index is 606. The standard InChI is InChI=1S/C16H18F2N2O2/c1-11(2)21-13-6-3-5-12(9-13)10-20-15-14(22-16(17)18)7-4-8-19-15/h3-9,11,16H,10H2,1-2H3,(H,19,20). The smallest absolute Gasteiger partial charge is 0.387 e. The van der Waals surface area contributed by atoms with Gasteiger partial charge in [0, 0.05) is 12.7 Å². The van der Waals surface area contributed by atoms with Crippen LogP contribution < -0.4 is 14.8 Å². The molecule has 0 aliphatic heterocycles. The van der Waals surface area contributed by atoms with Gasteiger partial charge in [-0.1, -0.05) is 12.1 Å². The molecule has 0 saturated carbocycles. The summed E-state index contributed by atoms with van der Waals surface area (Å²) in [6.45, 7) is 1.44. The van der Waals surface area contributed by atoms with Crippen molar-refractivity contribution in [2.75, 3.05) is 5.32 Å². The molecule has 0 bridgehead atoms. The largest absolute Gasteiger partial charge is 0.491 e. The first-order valence-corrected chi connectivity index (χ1v) is 6.94. The number of hydrogen-bond acceptors (Lipinski definition) is 4. The van der Waals surface area contributed by atoms with Crippen LogP contribution in [0.2, 0.25) is 0 Å². The van der Waals surface area contributed by atoms with E-state index in [4.69, 9.17) is 4.74 Å². The molecule has 0 spiro atoms. The maximum Gasteiger partial charge on any atom is 0.387 e. The van der Waals surface area contributed by atoms with Gasteiger partial charge in [-0.3, -0.25) is 0 Å². The van der Waals surface area contributed by atoms with E-state index in [1.807, 2.05) is 38.1 Å². The van der Waals surface area contributed by atoms with Crippen LogP contribution in [0.3, 0.4) is 0 Å². The quantitative estimate of drug-likeness (QED) is 0.837. The molecule has 2 rings (SSSR count). The van der Waals surface area contributed by atoms with Crippen LogP contribution in [0.5, 0.6) is 11.5 Å². The Morgan fingerprint density at radius 2 is 1.95 bits per heavy atom. The zero-order valence-corrected chi connectivity index (χ0v) is 12.4. The number of alkyl halides is 2. The van der Waals surface area contributed by atoms with Crippen LogP contribution >= 0.6 is 0 Å². The number of ether oxygens (including phenoxy) is 2. The topological polar surface area (TPSA) is 43.4 Å². The van der Waals surface area contributed by atoms with Crippen LogP contribution in [-0.2, 0) is 6.54 Å². The van der Waals surface area contributed by atoms with Crippen molar-refractivity contribution in [2.45, 2.75) is 33.1 Å². The third-order valence-electron chi connectivity index (χ3n) is 2.72. The first-order chi connectivity index (χ1) is 10.5. The molecule has 2 aromatic rings. The van der Waals surface area contributed by atoms with Gasteiger partial charge in [0.05, 0.1) is 6.10 Å². The molecule has 0 saturated heterocycles. The van der Waals surface area contributed by atoms with Crippen molar-refractivity contribution < 1.29 is 18.3 Å². The number of nitrogens with zero attached hydrogens (tertiary/aromatic N) is 1. The average molecular weight is 308 g/mol. The van der Waals surface area contributed by atoms with Crippen molar-refractivity contribution in [1.29, 1.82) is 0 Å². The van der Waals surface area contributed by atoms with Gasteiger partial charge >= 0.3 is 6.61 Å². The minimum absolute atomic E-state index is 0.0204. The molecule has 0 atom stereocenters. The highest BCUT2D eigenvalue weighted by Crippen LogP contribution is 2.24. The number of halogens is 2. The highest BCUT2D eigenvalue weighted by atomic mass is 19.3. The molecule has 22 heavy (non-hydrogen) atoms. The van der Waals surface area contributed by atoms with Gasteiger partial charge in [-0.25, -0.2) is 4.98 Å². The van der Waals surface area contributed by atoms with Gasteiger partial charge in [0.1, 0.15) is 5.75 Å². The summed E-state index contributed by atoms with van der Waals surface area (Å²) in [6.07, 6.45) is 1.60. The summed E-state index contributed by atoms with van der Waals surface area (Å²) < 4.78 is 34.7. The Morgan fingerprint density at radius 3 is 2.68 bits per heavy atom. The monoisotopic (exact) mass is 308 g/mol. The Labute approximate surface area is 128 Å². The van der Waals surface area contributed by atoms with Crippen LogP contribution in [-0.4, -0.2) is 17.7 Å². The van der Waals surface area contributed by atoms with Crippen LogP contribution in [0.1, 0.15) is 19.4 Å². The Balaban J connectivity index is 2.04. The fourth-order valence-electron chi connectivity index (χ4n) is 1.90. The molecular weight excluding hydrogens is 290 g/mol. The van der Waals surface area contributed by atoms with Crippen molar-refractivity contribution in [2.24, 2.45) is 0 Å². The summed E-state index contributed by atoms with van der Waals surface area (Å²) in [6, 6.07) is 10.5. The Kier molecular flexibility index (Phi) is 5.52. The van der Waals surface area contributed by atoms with E-state index in [2.05, 4.69) is 15.0 Å². The molecule has 6 heteroatoms. The van der Waals surface area contributed by atoms with Crippen LogP contribution in [0.4, 0.5) is 14.6 Å². The van der Waals surface area contributed by atoms with Crippen molar-refractivity contribution in [1.82, 2.24) is 4.98 Å². The van der Waals surface area contributed by atoms with Crippen LogP contribution in [0.15, 0.2) is 42.6 Å². The first kappa shape index (κ1) is 16.0. The van der Waals surface area contributed by atoms with Gasteiger partial charge in [-0.2, -0.15) is 8.78 Å². The van der Waals surface area contributed by atoms with Gasteiger partial charge in [0.2, 0.25) is 0 Å². The second kappa shape index (κ2) is 7.59. The van der Waals surface area contributed by atoms with Gasteiger partial charge in [-0.05, 0) is 43.7 Å². The summed E-state index contributed by atoms with van der Waals surface area (Å²) in [4.78, 5) is 4.02. The fourth-order valence-corrected chi connectivity index (χ4v) is 1.90. The van der Waals surface area contributed by atoms with Crippen LogP contribution in [0.25, 0.3) is 0 Å². The van der Waals surface area contributed by atoms with E-state index in [-0.39, 0.29) is 17.7 Å². The third-order valence-corrected chi connectivity index (χ3v) is 2.72. The number of nitrogens with one attached hydrogen (secondary N) is 1. The molecule has 0 unspecified atom stereocenters. The van der Waals surface area contributed by atoms with Gasteiger partial charge in [0.15, 0.2) is 11.6 Å². The van der Waals surface area contributed by atoms with Crippen molar-refractivity contribution >= 4 is 5.82 Å². The van der Waals surface area contributed by atoms with Crippen molar-refractivity contribution in [3.63, 3.8) is 0 Å². The lowest BCUT2D eigenvalue weighted by atomic mass is 10.2. The predicted octanol–water partition coefficient (Wildman–Crippen LogP) is 4.08. The molecule has 118 valence electrons. The minimum atomic E-state index is -2.88. The molecule has 1 N–H and O–H groups in total. The number of aromatic nitrogens is 1. The van der Waals surface area contributed by atoms with Crippen molar-refractivity contribution in [3.05, 3.63) is 48.2 Å². The SMILES string of the molecule is CC(C)Oc1cccc(CNc2ncccc2OC(F)F)c1. The van der Waals surface area contributed by atoms with E-state index in [1.165, 1.54) is 12.3 Å². The molecule has 0 aliphatic carbocycles. The van der Waals surface area contributed by atoms with Crippen molar-refractivity contribution in [3.8, 4) is 11.5 Å². The number of hydrogen-bond donors (Lipinski definition) is 1. The summed E-state index contributed by atoms with van der Waals surface area (Å²) in [5, 5.41) is 2.99. The number of benzene rings is 1. The lowest BCUT2D eigenvalue weighted by Crippen LogP contribution is -2.08. The maximum atomic E-state index is 12.3. The first-order valence-electron chi connectivity index (χ1n) is 6.94. The Morgan fingerprint density at radius 1 is 1.14 bits per heavy atom. The van der Waals surface area contributed by atoms with E-state index in [0.29, 0.717) is 6.54 Å². The van der Waals surface area contributed by atoms with E-state index in [1.54, 1.807) is 6.07 Å². The molecule has 0 fully saturated rings. The zero-order chi connectivity index (χ0) is 15.9. The van der Waals surface area contributed by atoms with Gasteiger partial charge < -0.3 is 14.8 Å². The maximum absolute atomic E-state index is 12.3. The predicted molar refractivity (Wildman–Crippen MR) is 80.4 cm³/mol. The molecule has 1 aromatic carbocycles. The molecular formula is C16H18F2N2O2. The number of rotatable bonds is 7. The molecule has 1 heterocycles. The number of pyridine rings is 1. The lowest BCUT2D eigenvalue weighted by Gasteiger charge is -2.13. The van der Waals surface area contributed by atoms with E-state index in [9.17, 15) is 8.78 Å². The average Bonchev–Trinajstić information content (AvgIpc) is 2.45. The molecule has 0 aliphatic rings. The van der Waals surface area contributed by atoms with Crippen LogP contribution in [0, 0.1) is 0 Å². The molecule has 0 amide bonds. The molecule has 1 aromatic heterocycles. The van der Waals surface area contributed by atoms with E-state index >= 15 is 0 Å². The highest BCUT2D eigenvalue weighted by Gasteiger charge is 2.10. The normalized spacial score (nSPS) is 10.8. The summed E-state index contributed by atoms with van der Waals surface area (Å²) in [5.41, 5.74) is 0.951.